The van der Waals surface area contributed by atoms with E-state index in [9.17, 15) is 19.7 Å². The Morgan fingerprint density at radius 3 is 2.32 bits per heavy atom. The molecule has 7 heteroatoms. The summed E-state index contributed by atoms with van der Waals surface area (Å²) < 4.78 is 0. The Labute approximate surface area is 127 Å². The Balaban J connectivity index is 2.07. The van der Waals surface area contributed by atoms with Gasteiger partial charge in [-0.2, -0.15) is 0 Å². The smallest absolute Gasteiger partial charge is 0.307 e. The van der Waals surface area contributed by atoms with Crippen LogP contribution in [0.15, 0.2) is 24.3 Å². The molecule has 2 rings (SSSR count). The monoisotopic (exact) mass is 306 g/mol. The summed E-state index contributed by atoms with van der Waals surface area (Å²) in [6.45, 7) is 4.04. The van der Waals surface area contributed by atoms with Crippen LogP contribution < -0.4 is 0 Å². The van der Waals surface area contributed by atoms with Crippen LogP contribution in [0.25, 0.3) is 0 Å². The van der Waals surface area contributed by atoms with Crippen LogP contribution in [0.4, 0.5) is 5.69 Å². The minimum atomic E-state index is -0.933. The van der Waals surface area contributed by atoms with E-state index in [1.807, 2.05) is 13.8 Å². The predicted octanol–water partition coefficient (Wildman–Crippen LogP) is 2.05. The van der Waals surface area contributed by atoms with E-state index in [4.69, 9.17) is 5.11 Å². The van der Waals surface area contributed by atoms with Crippen LogP contribution in [-0.4, -0.2) is 32.8 Å². The van der Waals surface area contributed by atoms with Crippen molar-refractivity contribution < 1.29 is 19.6 Å². The van der Waals surface area contributed by atoms with Gasteiger partial charge in [-0.15, -0.1) is 0 Å². The number of carbonyl (C=O) groups excluding carboxylic acids is 1. The fourth-order valence-electron chi connectivity index (χ4n) is 2.39. The molecule has 0 bridgehead atoms. The highest BCUT2D eigenvalue weighted by Crippen LogP contribution is 2.40. The molecular formula is C15H18N2O5. The Hall–Kier alpha value is -2.44. The number of nitro groups is 1. The molecule has 1 fully saturated rings. The van der Waals surface area contributed by atoms with E-state index in [-0.39, 0.29) is 17.6 Å². The summed E-state index contributed by atoms with van der Waals surface area (Å²) in [5.74, 6) is -2.12. The van der Waals surface area contributed by atoms with Crippen molar-refractivity contribution >= 4 is 17.6 Å². The van der Waals surface area contributed by atoms with Gasteiger partial charge >= 0.3 is 5.97 Å². The van der Waals surface area contributed by atoms with Gasteiger partial charge in [0.05, 0.1) is 16.8 Å². The summed E-state index contributed by atoms with van der Waals surface area (Å²) >= 11 is 0. The first-order chi connectivity index (χ1) is 10.3. The quantitative estimate of drug-likeness (QED) is 0.640. The van der Waals surface area contributed by atoms with Crippen molar-refractivity contribution in [2.75, 3.05) is 0 Å². The summed E-state index contributed by atoms with van der Waals surface area (Å²) in [5.41, 5.74) is 0.777. The predicted molar refractivity (Wildman–Crippen MR) is 78.0 cm³/mol. The van der Waals surface area contributed by atoms with Crippen LogP contribution >= 0.6 is 0 Å². The Morgan fingerprint density at radius 2 is 1.91 bits per heavy atom. The molecule has 1 N–H and O–H groups in total. The SMILES string of the molecule is CC(C)N(Cc1ccc([N+](=O)[O-])cc1)C(=O)C1CC1C(=O)O. The largest absolute Gasteiger partial charge is 0.481 e. The first-order valence-electron chi connectivity index (χ1n) is 7.08. The van der Waals surface area contributed by atoms with Crippen molar-refractivity contribution in [2.45, 2.75) is 32.9 Å². The third-order valence-corrected chi connectivity index (χ3v) is 3.83. The highest BCUT2D eigenvalue weighted by atomic mass is 16.6. The zero-order valence-corrected chi connectivity index (χ0v) is 12.4. The standard InChI is InChI=1S/C15H18N2O5/c1-9(2)16(14(18)12-7-13(12)15(19)20)8-10-3-5-11(6-4-10)17(21)22/h3-6,9,12-13H,7-8H2,1-2H3,(H,19,20). The molecule has 1 aromatic carbocycles. The van der Waals surface area contributed by atoms with E-state index in [1.54, 1.807) is 17.0 Å². The fraction of sp³-hybridized carbons (Fsp3) is 0.467. The van der Waals surface area contributed by atoms with Crippen LogP contribution in [-0.2, 0) is 16.1 Å². The van der Waals surface area contributed by atoms with Gasteiger partial charge in [0.1, 0.15) is 0 Å². The van der Waals surface area contributed by atoms with Crippen LogP contribution in [0.3, 0.4) is 0 Å². The zero-order chi connectivity index (χ0) is 16.4. The molecule has 0 heterocycles. The lowest BCUT2D eigenvalue weighted by Crippen LogP contribution is -2.38. The second-order valence-electron chi connectivity index (χ2n) is 5.77. The van der Waals surface area contributed by atoms with Gasteiger partial charge in [0.2, 0.25) is 5.91 Å². The van der Waals surface area contributed by atoms with Crippen LogP contribution in [0, 0.1) is 22.0 Å². The van der Waals surface area contributed by atoms with E-state index in [0.717, 1.165) is 5.56 Å². The average molecular weight is 306 g/mol. The summed E-state index contributed by atoms with van der Waals surface area (Å²) in [4.78, 5) is 35.1. The first kappa shape index (κ1) is 15.9. The lowest BCUT2D eigenvalue weighted by atomic mass is 10.1. The molecule has 0 aliphatic heterocycles. The maximum Gasteiger partial charge on any atom is 0.307 e. The normalized spacial score (nSPS) is 19.8. The Kier molecular flexibility index (Phi) is 4.44. The summed E-state index contributed by atoms with van der Waals surface area (Å²) in [6, 6.07) is 5.95. The number of benzene rings is 1. The maximum atomic E-state index is 12.4. The second kappa shape index (κ2) is 6.13. The zero-order valence-electron chi connectivity index (χ0n) is 12.4. The number of carboxylic acids is 1. The molecule has 2 atom stereocenters. The molecule has 0 spiro atoms. The number of hydrogen-bond acceptors (Lipinski definition) is 4. The molecule has 0 saturated heterocycles. The maximum absolute atomic E-state index is 12.4. The van der Waals surface area contributed by atoms with Crippen molar-refractivity contribution in [1.29, 1.82) is 0 Å². The molecule has 1 saturated carbocycles. The van der Waals surface area contributed by atoms with Gasteiger partial charge in [0.25, 0.3) is 5.69 Å². The molecule has 2 unspecified atom stereocenters. The number of nitro benzene ring substituents is 1. The van der Waals surface area contributed by atoms with Gasteiger partial charge < -0.3 is 10.0 Å². The number of rotatable bonds is 6. The van der Waals surface area contributed by atoms with Crippen LogP contribution in [0.2, 0.25) is 0 Å². The Morgan fingerprint density at radius 1 is 1.32 bits per heavy atom. The van der Waals surface area contributed by atoms with Crippen molar-refractivity contribution in [1.82, 2.24) is 4.90 Å². The lowest BCUT2D eigenvalue weighted by molar-refractivity contribution is -0.384. The average Bonchev–Trinajstić information content (AvgIpc) is 3.24. The number of carbonyl (C=O) groups is 2. The lowest BCUT2D eigenvalue weighted by Gasteiger charge is -2.27. The topological polar surface area (TPSA) is 101 Å². The molecule has 0 aromatic heterocycles. The van der Waals surface area contributed by atoms with Gasteiger partial charge in [-0.1, -0.05) is 12.1 Å². The molecular weight excluding hydrogens is 288 g/mol. The highest BCUT2D eigenvalue weighted by molar-refractivity contribution is 5.89. The van der Waals surface area contributed by atoms with Crippen molar-refractivity contribution in [3.63, 3.8) is 0 Å². The molecule has 118 valence electrons. The second-order valence-corrected chi connectivity index (χ2v) is 5.77. The number of nitrogens with zero attached hydrogens (tertiary/aromatic N) is 2. The van der Waals surface area contributed by atoms with Crippen LogP contribution in [0.1, 0.15) is 25.8 Å². The third-order valence-electron chi connectivity index (χ3n) is 3.83. The van der Waals surface area contributed by atoms with E-state index in [2.05, 4.69) is 0 Å². The summed E-state index contributed by atoms with van der Waals surface area (Å²) in [6.07, 6.45) is 0.387. The minimum Gasteiger partial charge on any atom is -0.481 e. The number of non-ortho nitro benzene ring substituents is 1. The van der Waals surface area contributed by atoms with Crippen molar-refractivity contribution in [2.24, 2.45) is 11.8 Å². The van der Waals surface area contributed by atoms with E-state index >= 15 is 0 Å². The van der Waals surface area contributed by atoms with Gasteiger partial charge in [-0.3, -0.25) is 19.7 Å². The van der Waals surface area contributed by atoms with Gasteiger partial charge in [-0.05, 0) is 25.8 Å². The summed E-state index contributed by atoms with van der Waals surface area (Å²) in [5, 5.41) is 19.6. The molecule has 1 aliphatic carbocycles. The molecule has 0 radical (unpaired) electrons. The first-order valence-corrected chi connectivity index (χ1v) is 7.08. The molecule has 1 amide bonds. The molecule has 22 heavy (non-hydrogen) atoms. The number of hydrogen-bond donors (Lipinski definition) is 1. The number of aliphatic carboxylic acids is 1. The van der Waals surface area contributed by atoms with Crippen molar-refractivity contribution in [3.8, 4) is 0 Å². The summed E-state index contributed by atoms with van der Waals surface area (Å²) in [7, 11) is 0. The number of amides is 1. The van der Waals surface area contributed by atoms with E-state index in [0.29, 0.717) is 13.0 Å². The molecule has 1 aromatic rings. The Bertz CT molecular complexity index is 596. The van der Waals surface area contributed by atoms with Gasteiger partial charge in [0, 0.05) is 24.7 Å². The minimum absolute atomic E-state index is 0.000641. The number of carboxylic acid groups (broad SMARTS) is 1. The van der Waals surface area contributed by atoms with E-state index < -0.39 is 22.7 Å². The van der Waals surface area contributed by atoms with E-state index in [1.165, 1.54) is 12.1 Å². The van der Waals surface area contributed by atoms with Gasteiger partial charge in [-0.25, -0.2) is 0 Å². The van der Waals surface area contributed by atoms with Crippen molar-refractivity contribution in [3.05, 3.63) is 39.9 Å². The van der Waals surface area contributed by atoms with Crippen LogP contribution in [0.5, 0.6) is 0 Å². The fourth-order valence-corrected chi connectivity index (χ4v) is 2.39. The molecule has 1 aliphatic rings. The molecule has 7 nitrogen and oxygen atoms in total. The van der Waals surface area contributed by atoms with Gasteiger partial charge in [0.15, 0.2) is 0 Å². The third kappa shape index (κ3) is 3.41. The highest BCUT2D eigenvalue weighted by Gasteiger charge is 2.50.